The first kappa shape index (κ1) is 23.7. The van der Waals surface area contributed by atoms with Crippen molar-refractivity contribution in [2.24, 2.45) is 11.8 Å². The predicted molar refractivity (Wildman–Crippen MR) is 123 cm³/mol. The first-order chi connectivity index (χ1) is 15.7. The van der Waals surface area contributed by atoms with Crippen LogP contribution in [0, 0.1) is 17.7 Å². The number of nitrogens with zero attached hydrogens (tertiary/aromatic N) is 1. The summed E-state index contributed by atoms with van der Waals surface area (Å²) in [5, 5.41) is 16.5. The zero-order chi connectivity index (χ0) is 23.7. The van der Waals surface area contributed by atoms with Crippen LogP contribution in [-0.4, -0.2) is 22.1 Å². The molecule has 1 aromatic heterocycles. The molecule has 2 saturated carbocycles. The molecule has 2 aliphatic rings. The number of benzene rings is 1. The molecule has 178 valence electrons. The van der Waals surface area contributed by atoms with Crippen LogP contribution in [-0.2, 0) is 9.59 Å². The molecule has 1 heterocycles. The largest absolute Gasteiger partial charge is 0.481 e. The lowest BCUT2D eigenvalue weighted by atomic mass is 9.69. The van der Waals surface area contributed by atoms with Crippen molar-refractivity contribution < 1.29 is 23.6 Å². The Morgan fingerprint density at radius 1 is 1.24 bits per heavy atom. The van der Waals surface area contributed by atoms with E-state index >= 15 is 0 Å². The van der Waals surface area contributed by atoms with Crippen molar-refractivity contribution in [3.63, 3.8) is 0 Å². The van der Waals surface area contributed by atoms with Gasteiger partial charge in [0.1, 0.15) is 11.6 Å². The van der Waals surface area contributed by atoms with Crippen molar-refractivity contribution in [1.29, 1.82) is 0 Å². The van der Waals surface area contributed by atoms with E-state index in [2.05, 4.69) is 24.3 Å². The zero-order valence-corrected chi connectivity index (χ0v) is 19.7. The third kappa shape index (κ3) is 5.75. The molecule has 1 amide bonds. The molecule has 0 bridgehead atoms. The fourth-order valence-electron chi connectivity index (χ4n) is 5.00. The number of amides is 1. The molecule has 8 heteroatoms. The molecule has 1 unspecified atom stereocenters. The Balaban J connectivity index is 1.52. The summed E-state index contributed by atoms with van der Waals surface area (Å²) in [5.41, 5.74) is 1.60. The Bertz CT molecular complexity index is 1030. The van der Waals surface area contributed by atoms with Crippen LogP contribution in [0.15, 0.2) is 22.7 Å². The summed E-state index contributed by atoms with van der Waals surface area (Å²) in [6.07, 6.45) is 4.98. The van der Waals surface area contributed by atoms with Crippen molar-refractivity contribution in [2.75, 3.05) is 5.32 Å². The van der Waals surface area contributed by atoms with Gasteiger partial charge in [0, 0.05) is 28.8 Å². The van der Waals surface area contributed by atoms with E-state index in [0.29, 0.717) is 29.4 Å². The summed E-state index contributed by atoms with van der Waals surface area (Å²) in [6.45, 7) is 4.46. The third-order valence-electron chi connectivity index (χ3n) is 6.63. The van der Waals surface area contributed by atoms with Crippen LogP contribution in [0.4, 0.5) is 10.1 Å². The van der Waals surface area contributed by atoms with Gasteiger partial charge in [0.15, 0.2) is 0 Å². The van der Waals surface area contributed by atoms with E-state index in [-0.39, 0.29) is 23.6 Å². The lowest BCUT2D eigenvalue weighted by Gasteiger charge is -2.35. The van der Waals surface area contributed by atoms with Gasteiger partial charge in [0.05, 0.1) is 17.8 Å². The SMILES string of the molecule is CC(C)CC1CC(c2onc(C(CC(=O)O)CC(=O)Nc3ccc(Cl)cc3F)c2C2CC2)C1. The van der Waals surface area contributed by atoms with Crippen molar-refractivity contribution in [1.82, 2.24) is 5.16 Å². The summed E-state index contributed by atoms with van der Waals surface area (Å²) in [5.74, 6) is 0.0791. The first-order valence-electron chi connectivity index (χ1n) is 11.7. The van der Waals surface area contributed by atoms with Crippen LogP contribution in [0.25, 0.3) is 0 Å². The van der Waals surface area contributed by atoms with Crippen molar-refractivity contribution in [3.05, 3.63) is 46.1 Å². The van der Waals surface area contributed by atoms with Gasteiger partial charge in [-0.1, -0.05) is 30.6 Å². The van der Waals surface area contributed by atoms with Crippen molar-refractivity contribution >= 4 is 29.2 Å². The molecule has 2 aliphatic carbocycles. The second-order valence-electron chi connectivity index (χ2n) is 9.96. The maximum atomic E-state index is 14.1. The summed E-state index contributed by atoms with van der Waals surface area (Å²) in [4.78, 5) is 24.3. The van der Waals surface area contributed by atoms with Gasteiger partial charge in [-0.25, -0.2) is 4.39 Å². The van der Waals surface area contributed by atoms with Crippen LogP contribution in [0.2, 0.25) is 5.02 Å². The number of hydrogen-bond donors (Lipinski definition) is 2. The summed E-state index contributed by atoms with van der Waals surface area (Å²) in [6, 6.07) is 3.98. The number of rotatable bonds is 10. The molecule has 33 heavy (non-hydrogen) atoms. The first-order valence-corrected chi connectivity index (χ1v) is 12.0. The smallest absolute Gasteiger partial charge is 0.304 e. The van der Waals surface area contributed by atoms with Crippen LogP contribution >= 0.6 is 11.6 Å². The third-order valence-corrected chi connectivity index (χ3v) is 6.86. The fraction of sp³-hybridized carbons (Fsp3) is 0.560. The number of nitrogens with one attached hydrogen (secondary N) is 1. The Morgan fingerprint density at radius 2 is 1.97 bits per heavy atom. The van der Waals surface area contributed by atoms with Crippen LogP contribution in [0.3, 0.4) is 0 Å². The van der Waals surface area contributed by atoms with Gasteiger partial charge < -0.3 is 14.9 Å². The van der Waals surface area contributed by atoms with E-state index in [1.807, 2.05) is 0 Å². The van der Waals surface area contributed by atoms with Crippen LogP contribution in [0.1, 0.15) is 93.6 Å². The number of anilines is 1. The Hall–Kier alpha value is -2.41. The number of aromatic nitrogens is 1. The quantitative estimate of drug-likeness (QED) is 0.410. The summed E-state index contributed by atoms with van der Waals surface area (Å²) >= 11 is 5.77. The number of aliphatic carboxylic acids is 1. The number of hydrogen-bond acceptors (Lipinski definition) is 4. The maximum absolute atomic E-state index is 14.1. The second kappa shape index (κ2) is 9.84. The highest BCUT2D eigenvalue weighted by molar-refractivity contribution is 6.30. The molecule has 0 radical (unpaired) electrons. The molecule has 2 N–H and O–H groups in total. The Kier molecular flexibility index (Phi) is 7.07. The van der Waals surface area contributed by atoms with E-state index in [4.69, 9.17) is 16.1 Å². The van der Waals surface area contributed by atoms with Crippen LogP contribution < -0.4 is 5.32 Å². The highest BCUT2D eigenvalue weighted by Gasteiger charge is 2.42. The van der Waals surface area contributed by atoms with Gasteiger partial charge in [-0.2, -0.15) is 0 Å². The van der Waals surface area contributed by atoms with E-state index < -0.39 is 23.6 Å². The molecular formula is C25H30ClFN2O4. The molecule has 4 rings (SSSR count). The summed E-state index contributed by atoms with van der Waals surface area (Å²) < 4.78 is 19.9. The van der Waals surface area contributed by atoms with E-state index in [1.54, 1.807) is 0 Å². The average Bonchev–Trinajstić information content (AvgIpc) is 3.44. The van der Waals surface area contributed by atoms with E-state index in [9.17, 15) is 19.1 Å². The highest BCUT2D eigenvalue weighted by atomic mass is 35.5. The van der Waals surface area contributed by atoms with Gasteiger partial charge >= 0.3 is 5.97 Å². The van der Waals surface area contributed by atoms with E-state index in [0.717, 1.165) is 43.1 Å². The predicted octanol–water partition coefficient (Wildman–Crippen LogP) is 6.47. The topological polar surface area (TPSA) is 92.4 Å². The average molecular weight is 477 g/mol. The molecule has 0 aliphatic heterocycles. The molecule has 0 spiro atoms. The van der Waals surface area contributed by atoms with Gasteiger partial charge in [0.25, 0.3) is 0 Å². The molecule has 1 aromatic carbocycles. The minimum absolute atomic E-state index is 0.00685. The number of carbonyl (C=O) groups is 2. The summed E-state index contributed by atoms with van der Waals surface area (Å²) in [7, 11) is 0. The van der Waals surface area contributed by atoms with Gasteiger partial charge in [-0.3, -0.25) is 9.59 Å². The Morgan fingerprint density at radius 3 is 2.58 bits per heavy atom. The molecule has 2 aromatic rings. The van der Waals surface area contributed by atoms with Crippen molar-refractivity contribution in [3.8, 4) is 0 Å². The molecular weight excluding hydrogens is 447 g/mol. The normalized spacial score (nSPS) is 21.0. The standard InChI is InChI=1S/C25H30ClFN2O4/c1-13(2)7-14-8-17(9-14)25-23(15-3-4-15)24(29-33-25)16(11-22(31)32)10-21(30)28-20-6-5-18(26)12-19(20)27/h5-6,12-17H,3-4,7-11H2,1-2H3,(H,28,30)(H,31,32). The van der Waals surface area contributed by atoms with Crippen LogP contribution in [0.5, 0.6) is 0 Å². The molecule has 1 atom stereocenters. The zero-order valence-electron chi connectivity index (χ0n) is 18.9. The fourth-order valence-corrected chi connectivity index (χ4v) is 5.15. The molecule has 2 fully saturated rings. The number of carboxylic acid groups (broad SMARTS) is 1. The maximum Gasteiger partial charge on any atom is 0.304 e. The second-order valence-corrected chi connectivity index (χ2v) is 10.4. The monoisotopic (exact) mass is 476 g/mol. The Labute approximate surface area is 197 Å². The molecule has 6 nitrogen and oxygen atoms in total. The van der Waals surface area contributed by atoms with Crippen molar-refractivity contribution in [2.45, 2.75) is 76.5 Å². The van der Waals surface area contributed by atoms with Gasteiger partial charge in [-0.05, 0) is 68.1 Å². The van der Waals surface area contributed by atoms with E-state index in [1.165, 1.54) is 18.6 Å². The minimum Gasteiger partial charge on any atom is -0.481 e. The molecule has 0 saturated heterocycles. The van der Waals surface area contributed by atoms with Gasteiger partial charge in [0.2, 0.25) is 5.91 Å². The minimum atomic E-state index is -1.02. The highest BCUT2D eigenvalue weighted by Crippen LogP contribution is 2.52. The number of halogens is 2. The lowest BCUT2D eigenvalue weighted by molar-refractivity contribution is -0.137. The number of carboxylic acids is 1. The lowest BCUT2D eigenvalue weighted by Crippen LogP contribution is -2.24. The van der Waals surface area contributed by atoms with Gasteiger partial charge in [-0.15, -0.1) is 0 Å². The number of carbonyl (C=O) groups excluding carboxylic acids is 1.